The van der Waals surface area contributed by atoms with Crippen LogP contribution in [0.5, 0.6) is 5.75 Å². The Bertz CT molecular complexity index is 1270. The highest BCUT2D eigenvalue weighted by Gasteiger charge is 2.25. The average Bonchev–Trinajstić information content (AvgIpc) is 3.25. The van der Waals surface area contributed by atoms with Gasteiger partial charge in [-0.05, 0) is 63.2 Å². The summed E-state index contributed by atoms with van der Waals surface area (Å²) in [5.74, 6) is 0.353. The molecule has 0 atom stereocenters. The number of carbonyl (C=O) groups excluding carboxylic acids is 1. The molecule has 0 aliphatic carbocycles. The molecule has 6 nitrogen and oxygen atoms in total. The molecule has 4 aromatic rings. The first-order valence-corrected chi connectivity index (χ1v) is 10.0. The summed E-state index contributed by atoms with van der Waals surface area (Å²) >= 11 is 0. The molecule has 0 unspecified atom stereocenters. The molecule has 31 heavy (non-hydrogen) atoms. The van der Waals surface area contributed by atoms with Gasteiger partial charge in [0.2, 0.25) is 0 Å². The number of hydrogen-bond acceptors (Lipinski definition) is 4. The van der Waals surface area contributed by atoms with Crippen LogP contribution in [-0.4, -0.2) is 28.8 Å². The number of aryl methyl sites for hydroxylation is 2. The predicted molar refractivity (Wildman–Crippen MR) is 118 cm³/mol. The lowest BCUT2D eigenvalue weighted by Gasteiger charge is -2.15. The van der Waals surface area contributed by atoms with Gasteiger partial charge in [0.25, 0.3) is 5.91 Å². The van der Waals surface area contributed by atoms with E-state index in [2.05, 4.69) is 10.4 Å². The summed E-state index contributed by atoms with van der Waals surface area (Å²) in [6.07, 6.45) is -0.0718. The van der Waals surface area contributed by atoms with Crippen molar-refractivity contribution in [2.24, 2.45) is 7.05 Å². The number of hydrogen-bond donors (Lipinski definition) is 1. The van der Waals surface area contributed by atoms with Gasteiger partial charge >= 0.3 is 0 Å². The number of nitrogens with zero attached hydrogens (tertiary/aromatic N) is 2. The van der Waals surface area contributed by atoms with Crippen molar-refractivity contribution in [3.05, 3.63) is 59.5 Å². The molecule has 160 valence electrons. The highest BCUT2D eigenvalue weighted by Crippen LogP contribution is 2.41. The van der Waals surface area contributed by atoms with Crippen LogP contribution < -0.4 is 10.1 Å². The van der Waals surface area contributed by atoms with E-state index in [4.69, 9.17) is 9.15 Å². The number of rotatable bonds is 5. The van der Waals surface area contributed by atoms with E-state index in [1.54, 1.807) is 23.9 Å². The van der Waals surface area contributed by atoms with E-state index in [0.29, 0.717) is 33.6 Å². The van der Waals surface area contributed by atoms with Gasteiger partial charge in [-0.3, -0.25) is 9.48 Å². The van der Waals surface area contributed by atoms with Gasteiger partial charge in [-0.15, -0.1) is 0 Å². The van der Waals surface area contributed by atoms with Crippen LogP contribution in [0.15, 0.2) is 46.9 Å². The van der Waals surface area contributed by atoms with E-state index in [1.165, 1.54) is 12.1 Å². The molecule has 2 aromatic heterocycles. The second-order valence-electron chi connectivity index (χ2n) is 7.70. The van der Waals surface area contributed by atoms with Crippen molar-refractivity contribution in [2.75, 3.05) is 7.05 Å². The monoisotopic (exact) mass is 421 g/mol. The van der Waals surface area contributed by atoms with Gasteiger partial charge in [0.05, 0.1) is 23.1 Å². The van der Waals surface area contributed by atoms with E-state index in [1.807, 2.05) is 46.0 Å². The average molecular weight is 421 g/mol. The van der Waals surface area contributed by atoms with Crippen molar-refractivity contribution in [3.63, 3.8) is 0 Å². The molecule has 2 heterocycles. The van der Waals surface area contributed by atoms with Gasteiger partial charge in [0, 0.05) is 30.6 Å². The highest BCUT2D eigenvalue weighted by molar-refractivity contribution is 6.12. The number of halogens is 1. The Kier molecular flexibility index (Phi) is 5.27. The zero-order valence-corrected chi connectivity index (χ0v) is 18.1. The van der Waals surface area contributed by atoms with Gasteiger partial charge < -0.3 is 14.5 Å². The summed E-state index contributed by atoms with van der Waals surface area (Å²) in [5, 5.41) is 7.73. The molecule has 2 aromatic carbocycles. The highest BCUT2D eigenvalue weighted by atomic mass is 19.1. The van der Waals surface area contributed by atoms with Crippen molar-refractivity contribution in [3.8, 4) is 28.3 Å². The zero-order valence-electron chi connectivity index (χ0n) is 18.1. The molecule has 0 fully saturated rings. The summed E-state index contributed by atoms with van der Waals surface area (Å²) in [4.78, 5) is 12.8. The molecule has 0 spiro atoms. The molecule has 0 aliphatic rings. The maximum absolute atomic E-state index is 13.5. The molecule has 0 saturated carbocycles. The van der Waals surface area contributed by atoms with Gasteiger partial charge in [-0.25, -0.2) is 4.39 Å². The third-order valence-corrected chi connectivity index (χ3v) is 4.99. The Hall–Kier alpha value is -3.61. The lowest BCUT2D eigenvalue weighted by Crippen LogP contribution is -2.18. The Morgan fingerprint density at radius 1 is 1.19 bits per heavy atom. The van der Waals surface area contributed by atoms with E-state index < -0.39 is 0 Å². The van der Waals surface area contributed by atoms with Crippen LogP contribution in [0.2, 0.25) is 0 Å². The number of benzene rings is 2. The van der Waals surface area contributed by atoms with Gasteiger partial charge in [0.15, 0.2) is 0 Å². The topological polar surface area (TPSA) is 69.3 Å². The number of aromatic nitrogens is 2. The molecular formula is C24H24FN3O3. The van der Waals surface area contributed by atoms with Crippen LogP contribution in [0.4, 0.5) is 4.39 Å². The molecule has 0 aliphatic heterocycles. The third kappa shape index (κ3) is 3.79. The minimum absolute atomic E-state index is 0.0718. The standard InChI is InChI=1S/C24H24FN3O3/c1-13(2)30-20-12-18-21(11-17(20)19-10-14(3)27-28(19)5)31-23(22(18)24(29)26-4)15-6-8-16(25)9-7-15/h6-13H,1-5H3,(H,26,29). The minimum Gasteiger partial charge on any atom is -0.490 e. The first-order chi connectivity index (χ1) is 14.8. The largest absolute Gasteiger partial charge is 0.490 e. The van der Waals surface area contributed by atoms with Crippen molar-refractivity contribution < 1.29 is 18.3 Å². The summed E-state index contributed by atoms with van der Waals surface area (Å²) in [7, 11) is 3.43. The van der Waals surface area contributed by atoms with Gasteiger partial charge in [-0.2, -0.15) is 5.10 Å². The third-order valence-electron chi connectivity index (χ3n) is 4.99. The Morgan fingerprint density at radius 3 is 2.48 bits per heavy atom. The predicted octanol–water partition coefficient (Wildman–Crippen LogP) is 5.09. The normalized spacial score (nSPS) is 11.3. The Labute approximate surface area is 179 Å². The van der Waals surface area contributed by atoms with E-state index in [0.717, 1.165) is 17.0 Å². The van der Waals surface area contributed by atoms with Crippen LogP contribution in [0.3, 0.4) is 0 Å². The molecule has 4 rings (SSSR count). The first-order valence-electron chi connectivity index (χ1n) is 10.0. The molecule has 1 N–H and O–H groups in total. The second-order valence-corrected chi connectivity index (χ2v) is 7.70. The fourth-order valence-electron chi connectivity index (χ4n) is 3.69. The number of nitrogens with one attached hydrogen (secondary N) is 1. The molecule has 1 amide bonds. The number of fused-ring (bicyclic) bond motifs is 1. The fraction of sp³-hybridized carbons (Fsp3) is 0.250. The van der Waals surface area contributed by atoms with Gasteiger partial charge in [-0.1, -0.05) is 0 Å². The van der Waals surface area contributed by atoms with E-state index >= 15 is 0 Å². The van der Waals surface area contributed by atoms with Crippen LogP contribution in [-0.2, 0) is 7.05 Å². The quantitative estimate of drug-likeness (QED) is 0.487. The number of amides is 1. The molecular weight excluding hydrogens is 397 g/mol. The SMILES string of the molecule is CNC(=O)c1c(-c2ccc(F)cc2)oc2cc(-c3cc(C)nn3C)c(OC(C)C)cc12. The summed E-state index contributed by atoms with van der Waals surface area (Å²) in [6, 6.07) is 11.5. The van der Waals surface area contributed by atoms with Crippen molar-refractivity contribution in [1.29, 1.82) is 0 Å². The lowest BCUT2D eigenvalue weighted by atomic mass is 10.0. The maximum Gasteiger partial charge on any atom is 0.255 e. The number of furan rings is 1. The maximum atomic E-state index is 13.5. The van der Waals surface area contributed by atoms with Crippen LogP contribution >= 0.6 is 0 Å². The molecule has 0 radical (unpaired) electrons. The van der Waals surface area contributed by atoms with Crippen molar-refractivity contribution in [2.45, 2.75) is 26.9 Å². The van der Waals surface area contributed by atoms with Crippen LogP contribution in [0, 0.1) is 12.7 Å². The second kappa shape index (κ2) is 7.91. The molecule has 7 heteroatoms. The van der Waals surface area contributed by atoms with Gasteiger partial charge in [0.1, 0.15) is 22.9 Å². The Morgan fingerprint density at radius 2 is 1.90 bits per heavy atom. The van der Waals surface area contributed by atoms with Crippen LogP contribution in [0.25, 0.3) is 33.6 Å². The van der Waals surface area contributed by atoms with Crippen molar-refractivity contribution >= 4 is 16.9 Å². The molecule has 0 bridgehead atoms. The lowest BCUT2D eigenvalue weighted by molar-refractivity contribution is 0.0964. The molecule has 0 saturated heterocycles. The van der Waals surface area contributed by atoms with E-state index in [-0.39, 0.29) is 17.8 Å². The fourth-order valence-corrected chi connectivity index (χ4v) is 3.69. The summed E-state index contributed by atoms with van der Waals surface area (Å²) in [5.41, 5.74) is 4.09. The zero-order chi connectivity index (χ0) is 22.3. The smallest absolute Gasteiger partial charge is 0.255 e. The van der Waals surface area contributed by atoms with E-state index in [9.17, 15) is 9.18 Å². The van der Waals surface area contributed by atoms with Crippen molar-refractivity contribution in [1.82, 2.24) is 15.1 Å². The summed E-state index contributed by atoms with van der Waals surface area (Å²) in [6.45, 7) is 5.82. The van der Waals surface area contributed by atoms with Crippen LogP contribution in [0.1, 0.15) is 29.9 Å². The summed E-state index contributed by atoms with van der Waals surface area (Å²) < 4.78 is 27.5. The number of ether oxygens (including phenoxy) is 1. The first kappa shape index (κ1) is 20.7. The number of carbonyl (C=O) groups is 1. The minimum atomic E-state index is -0.358. The Balaban J connectivity index is 2.02.